The van der Waals surface area contributed by atoms with Crippen molar-refractivity contribution in [2.75, 3.05) is 19.6 Å². The predicted octanol–water partition coefficient (Wildman–Crippen LogP) is 1.52. The zero-order valence-corrected chi connectivity index (χ0v) is 10.9. The van der Waals surface area contributed by atoms with Crippen LogP contribution >= 0.6 is 12.4 Å². The molecule has 2 rings (SSSR count). The second-order valence-electron chi connectivity index (χ2n) is 4.36. The maximum Gasteiger partial charge on any atom is 0.224 e. The van der Waals surface area contributed by atoms with Crippen molar-refractivity contribution in [2.45, 2.75) is 12.8 Å². The van der Waals surface area contributed by atoms with Crippen LogP contribution in [0.3, 0.4) is 0 Å². The lowest BCUT2D eigenvalue weighted by Gasteiger charge is -2.09. The second-order valence-corrected chi connectivity index (χ2v) is 4.36. The normalized spacial score (nSPS) is 18.2. The monoisotopic (exact) mass is 272 g/mol. The highest BCUT2D eigenvalue weighted by Crippen LogP contribution is 2.07. The highest BCUT2D eigenvalue weighted by atomic mass is 35.5. The highest BCUT2D eigenvalue weighted by molar-refractivity contribution is 5.85. The van der Waals surface area contributed by atoms with Gasteiger partial charge in [0.15, 0.2) is 0 Å². The summed E-state index contributed by atoms with van der Waals surface area (Å²) in [4.78, 5) is 11.7. The van der Waals surface area contributed by atoms with E-state index in [1.807, 2.05) is 6.07 Å². The lowest BCUT2D eigenvalue weighted by Crippen LogP contribution is -2.33. The van der Waals surface area contributed by atoms with E-state index in [-0.39, 0.29) is 30.0 Å². The average Bonchev–Trinajstić information content (AvgIpc) is 2.82. The Balaban J connectivity index is 0.00000162. The third kappa shape index (κ3) is 4.27. The summed E-state index contributed by atoms with van der Waals surface area (Å²) in [5, 5.41) is 6.05. The van der Waals surface area contributed by atoms with Crippen molar-refractivity contribution in [3.63, 3.8) is 0 Å². The van der Waals surface area contributed by atoms with E-state index in [2.05, 4.69) is 10.6 Å². The first-order chi connectivity index (χ1) is 8.25. The Kier molecular flexibility index (Phi) is 6.09. The summed E-state index contributed by atoms with van der Waals surface area (Å²) < 4.78 is 12.9. The SMILES string of the molecule is Cl.O=C(NCCc1cccc(F)c1)C1CCNC1. The molecule has 1 aromatic carbocycles. The van der Waals surface area contributed by atoms with Crippen LogP contribution in [0.2, 0.25) is 0 Å². The van der Waals surface area contributed by atoms with Crippen molar-refractivity contribution >= 4 is 18.3 Å². The van der Waals surface area contributed by atoms with Crippen LogP contribution in [-0.4, -0.2) is 25.5 Å². The molecule has 1 unspecified atom stereocenters. The number of benzene rings is 1. The Morgan fingerprint density at radius 2 is 2.33 bits per heavy atom. The first-order valence-electron chi connectivity index (χ1n) is 5.98. The third-order valence-corrected chi connectivity index (χ3v) is 3.03. The molecule has 1 heterocycles. The zero-order chi connectivity index (χ0) is 12.1. The molecule has 5 heteroatoms. The molecule has 18 heavy (non-hydrogen) atoms. The summed E-state index contributed by atoms with van der Waals surface area (Å²) in [6.45, 7) is 2.26. The first kappa shape index (κ1) is 14.9. The van der Waals surface area contributed by atoms with E-state index >= 15 is 0 Å². The molecule has 0 aliphatic carbocycles. The molecule has 2 N–H and O–H groups in total. The molecule has 0 saturated carbocycles. The number of amides is 1. The summed E-state index contributed by atoms with van der Waals surface area (Å²) in [5.41, 5.74) is 0.912. The van der Waals surface area contributed by atoms with Gasteiger partial charge in [0.25, 0.3) is 0 Å². The molecule has 3 nitrogen and oxygen atoms in total. The van der Waals surface area contributed by atoms with Crippen LogP contribution in [-0.2, 0) is 11.2 Å². The summed E-state index contributed by atoms with van der Waals surface area (Å²) in [7, 11) is 0. The van der Waals surface area contributed by atoms with Crippen molar-refractivity contribution < 1.29 is 9.18 Å². The highest BCUT2D eigenvalue weighted by Gasteiger charge is 2.21. The van der Waals surface area contributed by atoms with Gasteiger partial charge in [-0.25, -0.2) is 4.39 Å². The van der Waals surface area contributed by atoms with Crippen LogP contribution in [0.1, 0.15) is 12.0 Å². The number of halogens is 2. The maximum atomic E-state index is 12.9. The van der Waals surface area contributed by atoms with Crippen molar-refractivity contribution in [3.8, 4) is 0 Å². The minimum absolute atomic E-state index is 0. The first-order valence-corrected chi connectivity index (χ1v) is 5.98. The molecule has 100 valence electrons. The van der Waals surface area contributed by atoms with E-state index in [9.17, 15) is 9.18 Å². The summed E-state index contributed by atoms with van der Waals surface area (Å²) in [6.07, 6.45) is 1.58. The predicted molar refractivity (Wildman–Crippen MR) is 71.3 cm³/mol. The van der Waals surface area contributed by atoms with Gasteiger partial charge in [0.1, 0.15) is 5.82 Å². The molecule has 1 aliphatic heterocycles. The standard InChI is InChI=1S/C13H17FN2O.ClH/c14-12-3-1-2-10(8-12)4-7-16-13(17)11-5-6-15-9-11;/h1-3,8,11,15H,4-7,9H2,(H,16,17);1H. The molecular weight excluding hydrogens is 255 g/mol. The van der Waals surface area contributed by atoms with Gasteiger partial charge in [0.2, 0.25) is 5.91 Å². The van der Waals surface area contributed by atoms with Gasteiger partial charge in [-0.05, 0) is 37.1 Å². The van der Waals surface area contributed by atoms with Crippen LogP contribution in [0.5, 0.6) is 0 Å². The van der Waals surface area contributed by atoms with Crippen molar-refractivity contribution in [2.24, 2.45) is 5.92 Å². The Morgan fingerprint density at radius 1 is 1.50 bits per heavy atom. The number of rotatable bonds is 4. The Bertz CT molecular complexity index is 394. The van der Waals surface area contributed by atoms with E-state index in [0.29, 0.717) is 13.0 Å². The van der Waals surface area contributed by atoms with Crippen LogP contribution in [0.4, 0.5) is 4.39 Å². The second kappa shape index (κ2) is 7.34. The van der Waals surface area contributed by atoms with Gasteiger partial charge in [-0.2, -0.15) is 0 Å². The topological polar surface area (TPSA) is 41.1 Å². The van der Waals surface area contributed by atoms with Crippen LogP contribution in [0.15, 0.2) is 24.3 Å². The summed E-state index contributed by atoms with van der Waals surface area (Å²) >= 11 is 0. The van der Waals surface area contributed by atoms with Crippen LogP contribution < -0.4 is 10.6 Å². The van der Waals surface area contributed by atoms with Gasteiger partial charge >= 0.3 is 0 Å². The van der Waals surface area contributed by atoms with Crippen molar-refractivity contribution in [1.29, 1.82) is 0 Å². The number of nitrogens with one attached hydrogen (secondary N) is 2. The Morgan fingerprint density at radius 3 is 3.00 bits per heavy atom. The largest absolute Gasteiger partial charge is 0.355 e. The lowest BCUT2D eigenvalue weighted by atomic mass is 10.1. The fraction of sp³-hybridized carbons (Fsp3) is 0.462. The van der Waals surface area contributed by atoms with Crippen molar-refractivity contribution in [1.82, 2.24) is 10.6 Å². The third-order valence-electron chi connectivity index (χ3n) is 3.03. The molecule has 0 aromatic heterocycles. The summed E-state index contributed by atoms with van der Waals surface area (Å²) in [5.74, 6) is -0.0252. The fourth-order valence-corrected chi connectivity index (χ4v) is 2.05. The quantitative estimate of drug-likeness (QED) is 0.873. The maximum absolute atomic E-state index is 12.9. The van der Waals surface area contributed by atoms with Crippen LogP contribution in [0, 0.1) is 11.7 Å². The minimum Gasteiger partial charge on any atom is -0.355 e. The Labute approximate surface area is 113 Å². The van der Waals surface area contributed by atoms with E-state index in [1.54, 1.807) is 6.07 Å². The molecule has 1 saturated heterocycles. The molecule has 0 bridgehead atoms. The molecule has 0 radical (unpaired) electrons. The van der Waals surface area contributed by atoms with Gasteiger partial charge in [0, 0.05) is 13.1 Å². The molecule has 1 atom stereocenters. The molecular formula is C13H18ClFN2O. The van der Waals surface area contributed by atoms with Gasteiger partial charge in [-0.15, -0.1) is 12.4 Å². The van der Waals surface area contributed by atoms with Crippen molar-refractivity contribution in [3.05, 3.63) is 35.6 Å². The van der Waals surface area contributed by atoms with E-state index in [4.69, 9.17) is 0 Å². The number of carbonyl (C=O) groups excluding carboxylic acids is 1. The Hall–Kier alpha value is -1.13. The zero-order valence-electron chi connectivity index (χ0n) is 10.1. The van der Waals surface area contributed by atoms with Gasteiger partial charge < -0.3 is 10.6 Å². The van der Waals surface area contributed by atoms with E-state index in [0.717, 1.165) is 25.1 Å². The minimum atomic E-state index is -0.228. The average molecular weight is 273 g/mol. The molecule has 1 fully saturated rings. The van der Waals surface area contributed by atoms with Gasteiger partial charge in [-0.3, -0.25) is 4.79 Å². The van der Waals surface area contributed by atoms with Gasteiger partial charge in [0.05, 0.1) is 5.92 Å². The molecule has 1 aromatic rings. The molecule has 1 aliphatic rings. The molecule has 0 spiro atoms. The number of hydrogen-bond acceptors (Lipinski definition) is 2. The summed E-state index contributed by atoms with van der Waals surface area (Å²) in [6, 6.07) is 6.48. The smallest absolute Gasteiger partial charge is 0.224 e. The number of carbonyl (C=O) groups is 1. The number of hydrogen-bond donors (Lipinski definition) is 2. The van der Waals surface area contributed by atoms with E-state index in [1.165, 1.54) is 12.1 Å². The molecule has 1 amide bonds. The van der Waals surface area contributed by atoms with Crippen LogP contribution in [0.25, 0.3) is 0 Å². The van der Waals surface area contributed by atoms with Gasteiger partial charge in [-0.1, -0.05) is 12.1 Å². The lowest BCUT2D eigenvalue weighted by molar-refractivity contribution is -0.124. The van der Waals surface area contributed by atoms with E-state index < -0.39 is 0 Å². The fourth-order valence-electron chi connectivity index (χ4n) is 2.05.